The van der Waals surface area contributed by atoms with E-state index in [1.807, 2.05) is 54.6 Å². The van der Waals surface area contributed by atoms with Gasteiger partial charge in [0.2, 0.25) is 0 Å². The predicted molar refractivity (Wildman–Crippen MR) is 107 cm³/mol. The van der Waals surface area contributed by atoms with Crippen LogP contribution in [0.1, 0.15) is 15.9 Å². The standard InChI is InChI=1S/C23H19NO4/c24-23(26)16-27-19-13-9-18(10-14-19)22(25)15-8-17-6-11-21(12-7-17)28-20-4-2-1-3-5-20/h1-15H,16H2,(H2,24,26)/b15-8+. The largest absolute Gasteiger partial charge is 0.484 e. The fourth-order valence-corrected chi connectivity index (χ4v) is 2.41. The molecule has 0 spiro atoms. The molecule has 3 rings (SSSR count). The van der Waals surface area contributed by atoms with Gasteiger partial charge in [-0.2, -0.15) is 0 Å². The van der Waals surface area contributed by atoms with E-state index in [2.05, 4.69) is 0 Å². The van der Waals surface area contributed by atoms with Crippen LogP contribution < -0.4 is 15.2 Å². The van der Waals surface area contributed by atoms with Crippen molar-refractivity contribution in [3.05, 3.63) is 96.1 Å². The molecule has 3 aromatic rings. The van der Waals surface area contributed by atoms with Crippen molar-refractivity contribution >= 4 is 17.8 Å². The molecule has 0 aliphatic heterocycles. The van der Waals surface area contributed by atoms with Gasteiger partial charge < -0.3 is 15.2 Å². The molecule has 0 saturated heterocycles. The zero-order chi connectivity index (χ0) is 19.8. The molecule has 0 radical (unpaired) electrons. The van der Waals surface area contributed by atoms with Crippen LogP contribution in [0.25, 0.3) is 6.08 Å². The normalized spacial score (nSPS) is 10.6. The number of ether oxygens (including phenoxy) is 2. The third-order valence-corrected chi connectivity index (χ3v) is 3.81. The summed E-state index contributed by atoms with van der Waals surface area (Å²) in [4.78, 5) is 23.0. The van der Waals surface area contributed by atoms with Crippen molar-refractivity contribution in [3.8, 4) is 17.2 Å². The Morgan fingerprint density at radius 1 is 0.786 bits per heavy atom. The summed E-state index contributed by atoms with van der Waals surface area (Å²) in [5, 5.41) is 0. The second-order valence-electron chi connectivity index (χ2n) is 5.96. The number of carbonyl (C=O) groups is 2. The number of allylic oxidation sites excluding steroid dienone is 1. The lowest BCUT2D eigenvalue weighted by Crippen LogP contribution is -2.19. The van der Waals surface area contributed by atoms with Gasteiger partial charge in [-0.25, -0.2) is 0 Å². The van der Waals surface area contributed by atoms with E-state index in [0.29, 0.717) is 11.3 Å². The van der Waals surface area contributed by atoms with Crippen molar-refractivity contribution in [2.75, 3.05) is 6.61 Å². The third kappa shape index (κ3) is 5.57. The van der Waals surface area contributed by atoms with Crippen LogP contribution in [0.5, 0.6) is 17.2 Å². The summed E-state index contributed by atoms with van der Waals surface area (Å²) in [5.41, 5.74) is 6.43. The van der Waals surface area contributed by atoms with E-state index >= 15 is 0 Å². The topological polar surface area (TPSA) is 78.6 Å². The monoisotopic (exact) mass is 373 g/mol. The third-order valence-electron chi connectivity index (χ3n) is 3.81. The van der Waals surface area contributed by atoms with Crippen LogP contribution in [-0.4, -0.2) is 18.3 Å². The molecule has 2 N–H and O–H groups in total. The van der Waals surface area contributed by atoms with Gasteiger partial charge in [0.05, 0.1) is 0 Å². The van der Waals surface area contributed by atoms with Gasteiger partial charge in [-0.3, -0.25) is 9.59 Å². The number of nitrogens with two attached hydrogens (primary N) is 1. The summed E-state index contributed by atoms with van der Waals surface area (Å²) in [6, 6.07) is 23.5. The molecule has 0 unspecified atom stereocenters. The predicted octanol–water partition coefficient (Wildman–Crippen LogP) is 4.24. The minimum atomic E-state index is -0.553. The molecular weight excluding hydrogens is 354 g/mol. The van der Waals surface area contributed by atoms with E-state index in [-0.39, 0.29) is 12.4 Å². The van der Waals surface area contributed by atoms with Crippen molar-refractivity contribution in [1.29, 1.82) is 0 Å². The molecule has 0 aliphatic carbocycles. The molecule has 1 amide bonds. The van der Waals surface area contributed by atoms with Gasteiger partial charge in [-0.1, -0.05) is 36.4 Å². The van der Waals surface area contributed by atoms with E-state index in [1.165, 1.54) is 6.08 Å². The van der Waals surface area contributed by atoms with Gasteiger partial charge in [0.15, 0.2) is 12.4 Å². The molecule has 0 saturated carbocycles. The fraction of sp³-hybridized carbons (Fsp3) is 0.0435. The summed E-state index contributed by atoms with van der Waals surface area (Å²) in [6.45, 7) is -0.197. The molecule has 3 aromatic carbocycles. The second-order valence-corrected chi connectivity index (χ2v) is 5.96. The highest BCUT2D eigenvalue weighted by Gasteiger charge is 2.03. The summed E-state index contributed by atoms with van der Waals surface area (Å²) < 4.78 is 10.9. The first-order valence-corrected chi connectivity index (χ1v) is 8.67. The van der Waals surface area contributed by atoms with Crippen LogP contribution in [0.2, 0.25) is 0 Å². The van der Waals surface area contributed by atoms with Crippen LogP contribution in [0.4, 0.5) is 0 Å². The minimum absolute atomic E-state index is 0.133. The fourth-order valence-electron chi connectivity index (χ4n) is 2.41. The lowest BCUT2D eigenvalue weighted by Gasteiger charge is -2.05. The number of carbonyl (C=O) groups excluding carboxylic acids is 2. The highest BCUT2D eigenvalue weighted by Crippen LogP contribution is 2.21. The molecule has 0 heterocycles. The number of benzene rings is 3. The van der Waals surface area contributed by atoms with Crippen LogP contribution in [0.3, 0.4) is 0 Å². The summed E-state index contributed by atoms with van der Waals surface area (Å²) in [5.74, 6) is 1.29. The Balaban J connectivity index is 1.58. The van der Waals surface area contributed by atoms with Gasteiger partial charge in [-0.15, -0.1) is 0 Å². The van der Waals surface area contributed by atoms with Crippen molar-refractivity contribution in [2.24, 2.45) is 5.73 Å². The Morgan fingerprint density at radius 3 is 2.04 bits per heavy atom. The average Bonchev–Trinajstić information content (AvgIpc) is 2.72. The molecule has 28 heavy (non-hydrogen) atoms. The number of hydrogen-bond donors (Lipinski definition) is 1. The maximum Gasteiger partial charge on any atom is 0.255 e. The minimum Gasteiger partial charge on any atom is -0.484 e. The molecule has 0 aliphatic rings. The molecule has 140 valence electrons. The van der Waals surface area contributed by atoms with Crippen LogP contribution >= 0.6 is 0 Å². The molecule has 0 atom stereocenters. The quantitative estimate of drug-likeness (QED) is 0.473. The lowest BCUT2D eigenvalue weighted by molar-refractivity contribution is -0.119. The van der Waals surface area contributed by atoms with Crippen molar-refractivity contribution in [3.63, 3.8) is 0 Å². The van der Waals surface area contributed by atoms with Crippen molar-refractivity contribution in [1.82, 2.24) is 0 Å². The smallest absolute Gasteiger partial charge is 0.255 e. The molecular formula is C23H19NO4. The van der Waals surface area contributed by atoms with E-state index in [1.54, 1.807) is 30.3 Å². The number of para-hydroxylation sites is 1. The molecule has 5 nitrogen and oxygen atoms in total. The Hall–Kier alpha value is -3.86. The average molecular weight is 373 g/mol. The van der Waals surface area contributed by atoms with Crippen molar-refractivity contribution < 1.29 is 19.1 Å². The molecule has 0 fully saturated rings. The Labute approximate surface area is 163 Å². The van der Waals surface area contributed by atoms with E-state index < -0.39 is 5.91 Å². The summed E-state index contributed by atoms with van der Waals surface area (Å²) in [7, 11) is 0. The Morgan fingerprint density at radius 2 is 1.39 bits per heavy atom. The zero-order valence-electron chi connectivity index (χ0n) is 15.1. The Kier molecular flexibility index (Phi) is 6.21. The molecule has 0 aromatic heterocycles. The van der Waals surface area contributed by atoms with Gasteiger partial charge in [0.1, 0.15) is 17.2 Å². The zero-order valence-corrected chi connectivity index (χ0v) is 15.1. The summed E-state index contributed by atoms with van der Waals surface area (Å²) >= 11 is 0. The highest BCUT2D eigenvalue weighted by molar-refractivity contribution is 6.06. The van der Waals surface area contributed by atoms with Gasteiger partial charge in [-0.05, 0) is 60.2 Å². The van der Waals surface area contributed by atoms with E-state index in [9.17, 15) is 9.59 Å². The van der Waals surface area contributed by atoms with Crippen molar-refractivity contribution in [2.45, 2.75) is 0 Å². The van der Waals surface area contributed by atoms with Gasteiger partial charge in [0, 0.05) is 5.56 Å². The summed E-state index contributed by atoms with van der Waals surface area (Å²) in [6.07, 6.45) is 3.25. The van der Waals surface area contributed by atoms with E-state index in [4.69, 9.17) is 15.2 Å². The molecule has 5 heteroatoms. The number of rotatable bonds is 8. The maximum atomic E-state index is 12.3. The first kappa shape index (κ1) is 18.9. The second kappa shape index (κ2) is 9.19. The SMILES string of the molecule is NC(=O)COc1ccc(C(=O)/C=C/c2ccc(Oc3ccccc3)cc2)cc1. The Bertz CT molecular complexity index is 962. The first-order valence-electron chi connectivity index (χ1n) is 8.67. The van der Waals surface area contributed by atoms with E-state index in [0.717, 1.165) is 17.1 Å². The highest BCUT2D eigenvalue weighted by atomic mass is 16.5. The molecule has 0 bridgehead atoms. The number of hydrogen-bond acceptors (Lipinski definition) is 4. The number of primary amides is 1. The van der Waals surface area contributed by atoms with Crippen LogP contribution in [-0.2, 0) is 4.79 Å². The first-order chi connectivity index (χ1) is 13.6. The number of amides is 1. The lowest BCUT2D eigenvalue weighted by atomic mass is 10.1. The van der Waals surface area contributed by atoms with Gasteiger partial charge >= 0.3 is 0 Å². The maximum absolute atomic E-state index is 12.3. The van der Waals surface area contributed by atoms with Crippen LogP contribution in [0, 0.1) is 0 Å². The number of ketones is 1. The van der Waals surface area contributed by atoms with Gasteiger partial charge in [0.25, 0.3) is 5.91 Å². The van der Waals surface area contributed by atoms with Crippen LogP contribution in [0.15, 0.2) is 84.9 Å².